The number of unbranched alkanes of at least 4 members (excludes halogenated alkanes) is 1. The number of aromatic nitrogens is 1. The Balaban J connectivity index is 1.87. The van der Waals surface area contributed by atoms with Crippen LogP contribution in [0.4, 0.5) is 13.2 Å². The Labute approximate surface area is 183 Å². The number of aryl methyl sites for hydroxylation is 1. The summed E-state index contributed by atoms with van der Waals surface area (Å²) < 4.78 is 44.1. The second kappa shape index (κ2) is 8.57. The van der Waals surface area contributed by atoms with Crippen LogP contribution < -0.4 is 10.5 Å². The maximum atomic E-state index is 12.7. The fourth-order valence-corrected chi connectivity index (χ4v) is 4.13. The predicted octanol–water partition coefficient (Wildman–Crippen LogP) is 6.18. The molecule has 2 N–H and O–H groups in total. The smallest absolute Gasteiger partial charge is 0.406 e. The van der Waals surface area contributed by atoms with Crippen LogP contribution in [-0.4, -0.2) is 16.8 Å². The zero-order valence-electron chi connectivity index (χ0n) is 17.6. The summed E-state index contributed by atoms with van der Waals surface area (Å²) in [5.41, 5.74) is 9.57. The summed E-state index contributed by atoms with van der Waals surface area (Å²) in [5.74, 6) is -0.789. The molecule has 166 valence electrons. The van der Waals surface area contributed by atoms with Crippen molar-refractivity contribution in [2.75, 3.05) is 0 Å². The van der Waals surface area contributed by atoms with Crippen molar-refractivity contribution in [2.45, 2.75) is 39.1 Å². The Morgan fingerprint density at radius 2 is 1.78 bits per heavy atom. The average Bonchev–Trinajstić information content (AvgIpc) is 3.04. The van der Waals surface area contributed by atoms with Gasteiger partial charge in [0.1, 0.15) is 5.75 Å². The van der Waals surface area contributed by atoms with E-state index in [2.05, 4.69) is 23.8 Å². The number of fused-ring (bicyclic) bond motifs is 3. The maximum Gasteiger partial charge on any atom is 0.573 e. The number of primary amides is 1. The molecule has 3 aromatic carbocycles. The van der Waals surface area contributed by atoms with Crippen molar-refractivity contribution in [3.8, 4) is 5.75 Å². The first-order valence-electron chi connectivity index (χ1n) is 10.4. The molecule has 32 heavy (non-hydrogen) atoms. The zero-order chi connectivity index (χ0) is 22.9. The number of ether oxygens (including phenoxy) is 1. The van der Waals surface area contributed by atoms with Crippen molar-refractivity contribution in [3.05, 3.63) is 77.4 Å². The van der Waals surface area contributed by atoms with Crippen LogP contribution in [0.1, 0.15) is 41.3 Å². The molecule has 0 radical (unpaired) electrons. The number of amides is 1. The van der Waals surface area contributed by atoms with Gasteiger partial charge in [-0.05, 0) is 54.3 Å². The lowest BCUT2D eigenvalue weighted by Crippen LogP contribution is -2.17. The van der Waals surface area contributed by atoms with Crippen molar-refractivity contribution in [1.29, 1.82) is 0 Å². The number of hydrogen-bond donors (Lipinski definition) is 1. The van der Waals surface area contributed by atoms with Crippen LogP contribution in [0.15, 0.2) is 60.7 Å². The van der Waals surface area contributed by atoms with Gasteiger partial charge in [0.05, 0.1) is 5.52 Å². The summed E-state index contributed by atoms with van der Waals surface area (Å²) in [4.78, 5) is 12.1. The van der Waals surface area contributed by atoms with Crippen LogP contribution in [-0.2, 0) is 13.0 Å². The second-order valence-corrected chi connectivity index (χ2v) is 7.80. The van der Waals surface area contributed by atoms with E-state index in [0.717, 1.165) is 46.6 Å². The molecule has 0 aliphatic rings. The van der Waals surface area contributed by atoms with E-state index in [9.17, 15) is 18.0 Å². The molecule has 1 amide bonds. The quantitative estimate of drug-likeness (QED) is 0.373. The van der Waals surface area contributed by atoms with Crippen LogP contribution in [0, 0.1) is 0 Å². The topological polar surface area (TPSA) is 57.2 Å². The van der Waals surface area contributed by atoms with Gasteiger partial charge < -0.3 is 15.0 Å². The molecule has 1 heterocycles. The van der Waals surface area contributed by atoms with Gasteiger partial charge in [-0.15, -0.1) is 13.2 Å². The zero-order valence-corrected chi connectivity index (χ0v) is 17.6. The molecule has 4 aromatic rings. The fourth-order valence-electron chi connectivity index (χ4n) is 4.13. The van der Waals surface area contributed by atoms with E-state index < -0.39 is 12.3 Å². The number of benzene rings is 3. The molecule has 0 saturated carbocycles. The van der Waals surface area contributed by atoms with Gasteiger partial charge in [-0.3, -0.25) is 4.79 Å². The van der Waals surface area contributed by atoms with E-state index in [0.29, 0.717) is 17.7 Å². The molecule has 1 aromatic heterocycles. The molecule has 7 heteroatoms. The predicted molar refractivity (Wildman–Crippen MR) is 119 cm³/mol. The summed E-state index contributed by atoms with van der Waals surface area (Å²) in [6.07, 6.45) is -1.71. The minimum absolute atomic E-state index is 0.266. The van der Waals surface area contributed by atoms with Crippen molar-refractivity contribution < 1.29 is 22.7 Å². The van der Waals surface area contributed by atoms with Crippen LogP contribution in [0.2, 0.25) is 0 Å². The van der Waals surface area contributed by atoms with Crippen LogP contribution in [0.25, 0.3) is 21.8 Å². The van der Waals surface area contributed by atoms with E-state index >= 15 is 0 Å². The summed E-state index contributed by atoms with van der Waals surface area (Å²) in [6.45, 7) is 2.44. The molecule has 0 fully saturated rings. The number of carbonyl (C=O) groups excluding carboxylic acids is 1. The maximum absolute atomic E-state index is 12.7. The summed E-state index contributed by atoms with van der Waals surface area (Å²) >= 11 is 0. The van der Waals surface area contributed by atoms with Gasteiger partial charge in [-0.2, -0.15) is 0 Å². The van der Waals surface area contributed by atoms with E-state index in [4.69, 9.17) is 5.73 Å². The lowest BCUT2D eigenvalue weighted by atomic mass is 10.0. The minimum Gasteiger partial charge on any atom is -0.406 e. The minimum atomic E-state index is -4.75. The van der Waals surface area contributed by atoms with Crippen molar-refractivity contribution >= 4 is 27.7 Å². The van der Waals surface area contributed by atoms with Crippen LogP contribution >= 0.6 is 0 Å². The Morgan fingerprint density at radius 1 is 1.00 bits per heavy atom. The normalized spacial score (nSPS) is 11.9. The first-order chi connectivity index (χ1) is 15.3. The van der Waals surface area contributed by atoms with Gasteiger partial charge in [-0.25, -0.2) is 0 Å². The third-order valence-electron chi connectivity index (χ3n) is 5.51. The molecule has 0 spiro atoms. The number of carbonyl (C=O) groups is 1. The second-order valence-electron chi connectivity index (χ2n) is 7.80. The number of nitrogens with zero attached hydrogens (tertiary/aromatic N) is 1. The molecule has 0 unspecified atom stereocenters. The highest BCUT2D eigenvalue weighted by Crippen LogP contribution is 2.34. The molecule has 0 aliphatic carbocycles. The molecular formula is C25H23F3N2O2. The summed E-state index contributed by atoms with van der Waals surface area (Å²) in [5, 5.41) is 1.64. The highest BCUT2D eigenvalue weighted by atomic mass is 19.4. The molecule has 0 bridgehead atoms. The number of nitrogens with two attached hydrogens (primary N) is 1. The van der Waals surface area contributed by atoms with E-state index in [1.165, 1.54) is 18.2 Å². The molecule has 4 rings (SSSR count). The van der Waals surface area contributed by atoms with E-state index in [1.807, 2.05) is 16.7 Å². The molecule has 4 nitrogen and oxygen atoms in total. The van der Waals surface area contributed by atoms with Gasteiger partial charge in [0.2, 0.25) is 5.91 Å². The monoisotopic (exact) mass is 440 g/mol. The first-order valence-corrected chi connectivity index (χ1v) is 10.4. The van der Waals surface area contributed by atoms with Gasteiger partial charge in [0, 0.05) is 28.4 Å². The van der Waals surface area contributed by atoms with Gasteiger partial charge in [0.25, 0.3) is 0 Å². The van der Waals surface area contributed by atoms with Gasteiger partial charge >= 0.3 is 6.36 Å². The SMILES string of the molecule is CCCCc1ccc2c3c(C(N)=O)cccc3n(Cc3cccc(OC(F)(F)F)c3)c2c1. The molecular weight excluding hydrogens is 417 g/mol. The Bertz CT molecular complexity index is 1290. The van der Waals surface area contributed by atoms with Gasteiger partial charge in [-0.1, -0.05) is 43.7 Å². The Morgan fingerprint density at radius 3 is 2.50 bits per heavy atom. The summed E-state index contributed by atoms with van der Waals surface area (Å²) in [7, 11) is 0. The van der Waals surface area contributed by atoms with Crippen molar-refractivity contribution in [2.24, 2.45) is 5.73 Å². The average molecular weight is 440 g/mol. The standard InChI is InChI=1S/C25H23F3N2O2/c1-2-3-6-16-11-12-19-22(14-16)30(21-10-5-9-20(23(19)21)24(29)31)15-17-7-4-8-18(13-17)32-25(26,27)28/h4-5,7-14H,2-3,6,15H2,1H3,(H2,29,31). The van der Waals surface area contributed by atoms with Gasteiger partial charge in [0.15, 0.2) is 0 Å². The number of rotatable bonds is 7. The largest absolute Gasteiger partial charge is 0.573 e. The third-order valence-corrected chi connectivity index (χ3v) is 5.51. The van der Waals surface area contributed by atoms with Crippen LogP contribution in [0.5, 0.6) is 5.75 Å². The number of alkyl halides is 3. The molecule has 0 atom stereocenters. The highest BCUT2D eigenvalue weighted by Gasteiger charge is 2.31. The fraction of sp³-hybridized carbons (Fsp3) is 0.240. The summed E-state index contributed by atoms with van der Waals surface area (Å²) in [6, 6.07) is 17.4. The van der Waals surface area contributed by atoms with Crippen molar-refractivity contribution in [1.82, 2.24) is 4.57 Å². The third kappa shape index (κ3) is 4.42. The first kappa shape index (κ1) is 21.7. The van der Waals surface area contributed by atoms with E-state index in [-0.39, 0.29) is 5.75 Å². The number of hydrogen-bond acceptors (Lipinski definition) is 2. The Hall–Kier alpha value is -3.48. The van der Waals surface area contributed by atoms with Crippen LogP contribution in [0.3, 0.4) is 0 Å². The Kier molecular flexibility index (Phi) is 5.82. The lowest BCUT2D eigenvalue weighted by Gasteiger charge is -2.12. The molecule has 0 aliphatic heterocycles. The lowest BCUT2D eigenvalue weighted by molar-refractivity contribution is -0.274. The van der Waals surface area contributed by atoms with E-state index in [1.54, 1.807) is 18.2 Å². The highest BCUT2D eigenvalue weighted by molar-refractivity contribution is 6.18. The number of halogens is 3. The molecule has 0 saturated heterocycles. The van der Waals surface area contributed by atoms with Crippen molar-refractivity contribution in [3.63, 3.8) is 0 Å².